The van der Waals surface area contributed by atoms with Gasteiger partial charge in [-0.1, -0.05) is 17.7 Å². The molecule has 1 heterocycles. The van der Waals surface area contributed by atoms with E-state index in [2.05, 4.69) is 21.2 Å². The Labute approximate surface area is 189 Å². The van der Waals surface area contributed by atoms with Crippen LogP contribution in [0.15, 0.2) is 34.8 Å². The van der Waals surface area contributed by atoms with Crippen molar-refractivity contribution >= 4 is 33.4 Å². The molecule has 1 saturated heterocycles. The molecule has 0 unspecified atom stereocenters. The quantitative estimate of drug-likeness (QED) is 0.471. The molecule has 1 aliphatic heterocycles. The Hall–Kier alpha value is -1.83. The minimum atomic E-state index is -0.383. The molecule has 3 rings (SSSR count). The Morgan fingerprint density at radius 2 is 2.13 bits per heavy atom. The first-order chi connectivity index (χ1) is 14.5. The molecule has 0 aliphatic carbocycles. The van der Waals surface area contributed by atoms with E-state index in [1.165, 1.54) is 12.1 Å². The summed E-state index contributed by atoms with van der Waals surface area (Å²) in [5.74, 6) is 1.05. The Kier molecular flexibility index (Phi) is 8.36. The molecule has 5 nitrogen and oxygen atoms in total. The number of halogens is 3. The molecule has 0 aromatic heterocycles. The zero-order valence-corrected chi connectivity index (χ0v) is 19.2. The number of amides is 1. The lowest BCUT2D eigenvalue weighted by Gasteiger charge is -2.16. The van der Waals surface area contributed by atoms with E-state index < -0.39 is 0 Å². The van der Waals surface area contributed by atoms with Crippen molar-refractivity contribution in [3.63, 3.8) is 0 Å². The number of hydrogen-bond acceptors (Lipinski definition) is 4. The molecule has 30 heavy (non-hydrogen) atoms. The molecular weight excluding hydrogens is 475 g/mol. The molecule has 2 aromatic rings. The molecule has 1 fully saturated rings. The Morgan fingerprint density at radius 3 is 2.83 bits per heavy atom. The standard InChI is InChI=1S/C22H25BrClFN2O3/c1-29-20-11-15(13-26-7-3-9-27-8-2-4-21(27)28)10-18(23)22(20)30-14-16-5-6-17(25)12-19(16)24/h5-6,10-12,26H,2-4,7-9,13-14H2,1H3. The van der Waals surface area contributed by atoms with E-state index in [0.717, 1.165) is 42.5 Å². The summed E-state index contributed by atoms with van der Waals surface area (Å²) in [5.41, 5.74) is 1.73. The maximum absolute atomic E-state index is 13.2. The third-order valence-corrected chi connectivity index (χ3v) is 5.90. The number of carbonyl (C=O) groups is 1. The van der Waals surface area contributed by atoms with Crippen LogP contribution >= 0.6 is 27.5 Å². The fraction of sp³-hybridized carbons (Fsp3) is 0.409. The highest BCUT2D eigenvalue weighted by Gasteiger charge is 2.19. The number of ether oxygens (including phenoxy) is 2. The van der Waals surface area contributed by atoms with Crippen molar-refractivity contribution in [2.75, 3.05) is 26.7 Å². The molecule has 1 N–H and O–H groups in total. The fourth-order valence-corrected chi connectivity index (χ4v) is 4.20. The van der Waals surface area contributed by atoms with Crippen molar-refractivity contribution in [1.82, 2.24) is 10.2 Å². The molecule has 162 valence electrons. The van der Waals surface area contributed by atoms with Gasteiger partial charge in [0.05, 0.1) is 16.6 Å². The maximum Gasteiger partial charge on any atom is 0.222 e. The summed E-state index contributed by atoms with van der Waals surface area (Å²) in [5, 5.41) is 3.72. The largest absolute Gasteiger partial charge is 0.493 e. The van der Waals surface area contributed by atoms with Gasteiger partial charge in [0, 0.05) is 31.6 Å². The summed E-state index contributed by atoms with van der Waals surface area (Å²) >= 11 is 9.62. The molecule has 0 atom stereocenters. The van der Waals surface area contributed by atoms with Crippen LogP contribution in [-0.2, 0) is 17.9 Å². The molecule has 0 radical (unpaired) electrons. The molecule has 2 aromatic carbocycles. The Morgan fingerprint density at radius 1 is 1.30 bits per heavy atom. The van der Waals surface area contributed by atoms with Gasteiger partial charge in [0.2, 0.25) is 5.91 Å². The van der Waals surface area contributed by atoms with Gasteiger partial charge in [0.25, 0.3) is 0 Å². The van der Waals surface area contributed by atoms with Crippen LogP contribution in [0.5, 0.6) is 11.5 Å². The van der Waals surface area contributed by atoms with Crippen molar-refractivity contribution in [2.24, 2.45) is 0 Å². The van der Waals surface area contributed by atoms with E-state index in [1.807, 2.05) is 17.0 Å². The first-order valence-corrected chi connectivity index (χ1v) is 11.1. The van der Waals surface area contributed by atoms with Crippen molar-refractivity contribution < 1.29 is 18.7 Å². The van der Waals surface area contributed by atoms with Crippen LogP contribution in [0.1, 0.15) is 30.4 Å². The number of methoxy groups -OCH3 is 1. The van der Waals surface area contributed by atoms with E-state index in [-0.39, 0.29) is 18.3 Å². The van der Waals surface area contributed by atoms with Gasteiger partial charge in [0.1, 0.15) is 12.4 Å². The second-order valence-electron chi connectivity index (χ2n) is 7.15. The summed E-state index contributed by atoms with van der Waals surface area (Å²) in [6.07, 6.45) is 2.58. The fourth-order valence-electron chi connectivity index (χ4n) is 3.37. The van der Waals surface area contributed by atoms with Crippen LogP contribution < -0.4 is 14.8 Å². The predicted molar refractivity (Wildman–Crippen MR) is 119 cm³/mol. The van der Waals surface area contributed by atoms with Crippen LogP contribution in [-0.4, -0.2) is 37.6 Å². The van der Waals surface area contributed by atoms with E-state index in [4.69, 9.17) is 21.1 Å². The Bertz CT molecular complexity index is 897. The molecule has 8 heteroatoms. The first kappa shape index (κ1) is 22.8. The van der Waals surface area contributed by atoms with Crippen molar-refractivity contribution in [3.05, 3.63) is 56.8 Å². The summed E-state index contributed by atoms with van der Waals surface area (Å²) < 4.78 is 25.4. The summed E-state index contributed by atoms with van der Waals surface area (Å²) in [6.45, 7) is 3.38. The number of likely N-dealkylation sites (tertiary alicyclic amines) is 1. The normalized spacial score (nSPS) is 13.7. The van der Waals surface area contributed by atoms with Crippen molar-refractivity contribution in [2.45, 2.75) is 32.4 Å². The third-order valence-electron chi connectivity index (χ3n) is 4.96. The summed E-state index contributed by atoms with van der Waals surface area (Å²) in [6, 6.07) is 8.11. The topological polar surface area (TPSA) is 50.8 Å². The summed E-state index contributed by atoms with van der Waals surface area (Å²) in [7, 11) is 1.59. The highest BCUT2D eigenvalue weighted by molar-refractivity contribution is 9.10. The molecule has 1 aliphatic rings. The van der Waals surface area contributed by atoms with Gasteiger partial charge in [-0.3, -0.25) is 4.79 Å². The number of hydrogen-bond donors (Lipinski definition) is 1. The summed E-state index contributed by atoms with van der Waals surface area (Å²) in [4.78, 5) is 13.6. The highest BCUT2D eigenvalue weighted by Crippen LogP contribution is 2.37. The molecule has 1 amide bonds. The lowest BCUT2D eigenvalue weighted by Crippen LogP contribution is -2.28. The highest BCUT2D eigenvalue weighted by atomic mass is 79.9. The van der Waals surface area contributed by atoms with E-state index in [1.54, 1.807) is 13.2 Å². The van der Waals surface area contributed by atoms with Crippen LogP contribution in [0.3, 0.4) is 0 Å². The van der Waals surface area contributed by atoms with Crippen LogP contribution in [0.2, 0.25) is 5.02 Å². The second kappa shape index (κ2) is 11.0. The zero-order valence-electron chi connectivity index (χ0n) is 16.8. The van der Waals surface area contributed by atoms with Crippen molar-refractivity contribution in [3.8, 4) is 11.5 Å². The van der Waals surface area contributed by atoms with Crippen molar-refractivity contribution in [1.29, 1.82) is 0 Å². The lowest BCUT2D eigenvalue weighted by atomic mass is 10.2. The average molecular weight is 500 g/mol. The monoisotopic (exact) mass is 498 g/mol. The zero-order chi connectivity index (χ0) is 21.5. The van der Waals surface area contributed by atoms with Crippen LogP contribution in [0.25, 0.3) is 0 Å². The molecule has 0 saturated carbocycles. The minimum Gasteiger partial charge on any atom is -0.493 e. The second-order valence-corrected chi connectivity index (χ2v) is 8.41. The van der Waals surface area contributed by atoms with E-state index >= 15 is 0 Å². The first-order valence-electron chi connectivity index (χ1n) is 9.89. The average Bonchev–Trinajstić information content (AvgIpc) is 3.12. The number of rotatable bonds is 10. The van der Waals surface area contributed by atoms with Gasteiger partial charge in [0.15, 0.2) is 11.5 Å². The number of nitrogens with zero attached hydrogens (tertiary/aromatic N) is 1. The van der Waals surface area contributed by atoms with Crippen LogP contribution in [0.4, 0.5) is 4.39 Å². The van der Waals surface area contributed by atoms with E-state index in [0.29, 0.717) is 35.1 Å². The third kappa shape index (κ3) is 6.09. The number of benzene rings is 2. The van der Waals surface area contributed by atoms with Gasteiger partial charge >= 0.3 is 0 Å². The van der Waals surface area contributed by atoms with Gasteiger partial charge in [-0.15, -0.1) is 0 Å². The predicted octanol–water partition coefficient (Wildman–Crippen LogP) is 4.93. The molecule has 0 spiro atoms. The molecular formula is C22H25BrClFN2O3. The number of carbonyl (C=O) groups excluding carboxylic acids is 1. The lowest BCUT2D eigenvalue weighted by molar-refractivity contribution is -0.127. The maximum atomic E-state index is 13.2. The van der Waals surface area contributed by atoms with Crippen LogP contribution in [0, 0.1) is 5.82 Å². The number of nitrogens with one attached hydrogen (secondary N) is 1. The van der Waals surface area contributed by atoms with Gasteiger partial charge < -0.3 is 19.7 Å². The Balaban J connectivity index is 1.53. The molecule has 0 bridgehead atoms. The van der Waals surface area contributed by atoms with Gasteiger partial charge in [-0.2, -0.15) is 0 Å². The van der Waals surface area contributed by atoms with E-state index in [9.17, 15) is 9.18 Å². The smallest absolute Gasteiger partial charge is 0.222 e. The van der Waals surface area contributed by atoms with Gasteiger partial charge in [-0.05, 0) is 65.1 Å². The van der Waals surface area contributed by atoms with Gasteiger partial charge in [-0.25, -0.2) is 4.39 Å². The SMILES string of the molecule is COc1cc(CNCCCN2CCCC2=O)cc(Br)c1OCc1ccc(F)cc1Cl. The minimum absolute atomic E-state index is 0.195.